The van der Waals surface area contributed by atoms with Gasteiger partial charge < -0.3 is 4.74 Å². The Morgan fingerprint density at radius 1 is 1.14 bits per heavy atom. The highest BCUT2D eigenvalue weighted by atomic mass is 32.2. The molecule has 1 aliphatic heterocycles. The minimum absolute atomic E-state index is 0.0439. The van der Waals surface area contributed by atoms with Crippen LogP contribution in [-0.4, -0.2) is 34.1 Å². The number of rotatable bonds is 4. The predicted octanol–water partition coefficient (Wildman–Crippen LogP) is 5.03. The van der Waals surface area contributed by atoms with Crippen molar-refractivity contribution >= 4 is 34.7 Å². The van der Waals surface area contributed by atoms with Gasteiger partial charge in [0.15, 0.2) is 11.0 Å². The number of thioether (sulfide) groups is 1. The molecule has 2 aromatic rings. The molecule has 1 aromatic carbocycles. The maximum Gasteiger partial charge on any atom is 0.267 e. The van der Waals surface area contributed by atoms with Crippen LogP contribution in [0.15, 0.2) is 58.6 Å². The maximum absolute atomic E-state index is 13.2. The van der Waals surface area contributed by atoms with Crippen molar-refractivity contribution in [1.82, 2.24) is 9.88 Å². The Morgan fingerprint density at radius 3 is 2.61 bits per heavy atom. The summed E-state index contributed by atoms with van der Waals surface area (Å²) < 4.78 is 5.21. The quantitative estimate of drug-likeness (QED) is 0.684. The van der Waals surface area contributed by atoms with Crippen LogP contribution in [0.2, 0.25) is 0 Å². The lowest BCUT2D eigenvalue weighted by molar-refractivity contribution is -0.124. The van der Waals surface area contributed by atoms with Crippen molar-refractivity contribution in [3.8, 4) is 5.75 Å². The largest absolute Gasteiger partial charge is 0.497 e. The van der Waals surface area contributed by atoms with E-state index in [0.29, 0.717) is 10.7 Å². The first kappa shape index (κ1) is 18.7. The number of ether oxygens (including phenoxy) is 1. The summed E-state index contributed by atoms with van der Waals surface area (Å²) in [5.74, 6) is 1.47. The number of aromatic nitrogens is 1. The molecule has 0 spiro atoms. The number of carbonyl (C=O) groups excluding carboxylic acids is 1. The minimum atomic E-state index is 0.0439. The van der Waals surface area contributed by atoms with Gasteiger partial charge in [0.2, 0.25) is 0 Å². The number of hydrogen-bond donors (Lipinski definition) is 0. The first-order chi connectivity index (χ1) is 13.7. The van der Waals surface area contributed by atoms with Gasteiger partial charge in [-0.2, -0.15) is 0 Å². The van der Waals surface area contributed by atoms with Crippen LogP contribution >= 0.6 is 11.8 Å². The van der Waals surface area contributed by atoms with Gasteiger partial charge in [-0.3, -0.25) is 9.69 Å². The molecule has 1 amide bonds. The second-order valence-corrected chi connectivity index (χ2v) is 7.94. The molecule has 2 fully saturated rings. The highest BCUT2D eigenvalue weighted by Gasteiger charge is 2.38. The van der Waals surface area contributed by atoms with Crippen LogP contribution < -0.4 is 4.74 Å². The molecule has 2 aliphatic rings. The lowest BCUT2D eigenvalue weighted by atomic mass is 9.94. The Morgan fingerprint density at radius 2 is 1.93 bits per heavy atom. The molecule has 1 aliphatic carbocycles. The number of pyridine rings is 1. The molecule has 0 atom stereocenters. The van der Waals surface area contributed by atoms with Crippen molar-refractivity contribution in [1.29, 1.82) is 0 Å². The summed E-state index contributed by atoms with van der Waals surface area (Å²) in [6, 6.07) is 13.6. The summed E-state index contributed by atoms with van der Waals surface area (Å²) in [7, 11) is 1.65. The highest BCUT2D eigenvalue weighted by Crippen LogP contribution is 2.38. The Bertz CT molecular complexity index is 888. The number of nitrogens with zero attached hydrogens (tertiary/aromatic N) is 3. The molecule has 6 heteroatoms. The van der Waals surface area contributed by atoms with Crippen molar-refractivity contribution in [3.05, 3.63) is 59.1 Å². The van der Waals surface area contributed by atoms with Gasteiger partial charge in [0.25, 0.3) is 5.91 Å². The smallest absolute Gasteiger partial charge is 0.267 e. The van der Waals surface area contributed by atoms with Gasteiger partial charge in [-0.05, 0) is 60.5 Å². The van der Waals surface area contributed by atoms with E-state index in [1.54, 1.807) is 13.3 Å². The van der Waals surface area contributed by atoms with E-state index < -0.39 is 0 Å². The van der Waals surface area contributed by atoms with E-state index in [-0.39, 0.29) is 11.9 Å². The second kappa shape index (κ2) is 8.61. The van der Waals surface area contributed by atoms with Crippen LogP contribution in [-0.2, 0) is 4.79 Å². The summed E-state index contributed by atoms with van der Waals surface area (Å²) in [5, 5.41) is 0.732. The fourth-order valence-corrected chi connectivity index (χ4v) is 4.64. The van der Waals surface area contributed by atoms with E-state index >= 15 is 0 Å². The van der Waals surface area contributed by atoms with Crippen LogP contribution in [0.4, 0.5) is 5.82 Å². The molecule has 2 heterocycles. The van der Waals surface area contributed by atoms with Crippen LogP contribution in [0, 0.1) is 0 Å². The number of amides is 1. The first-order valence-corrected chi connectivity index (χ1v) is 10.4. The SMILES string of the molecule is COc1ccc(/C=C2\S/C(=N/c3ccccn3)N(C3CCCCC3)C2=O)cc1. The first-order valence-electron chi connectivity index (χ1n) is 9.61. The Balaban J connectivity index is 1.66. The maximum atomic E-state index is 13.2. The molecule has 1 aromatic heterocycles. The number of benzene rings is 1. The second-order valence-electron chi connectivity index (χ2n) is 6.93. The van der Waals surface area contributed by atoms with Crippen LogP contribution in [0.1, 0.15) is 37.7 Å². The standard InChI is InChI=1S/C22H23N3O2S/c1-27-18-12-10-16(11-13-18)15-19-21(26)25(17-7-3-2-4-8-17)22(28-19)24-20-9-5-6-14-23-20/h5-6,9-15,17H,2-4,7-8H2,1H3/b19-15-,24-22+. The van der Waals surface area contributed by atoms with Gasteiger partial charge in [0.1, 0.15) is 5.75 Å². The van der Waals surface area contributed by atoms with E-state index in [1.165, 1.54) is 18.2 Å². The molecule has 1 saturated carbocycles. The molecule has 1 saturated heterocycles. The van der Waals surface area contributed by atoms with Crippen molar-refractivity contribution in [3.63, 3.8) is 0 Å². The minimum Gasteiger partial charge on any atom is -0.497 e. The van der Waals surface area contributed by atoms with Gasteiger partial charge in [0, 0.05) is 12.2 Å². The normalized spacial score (nSPS) is 20.9. The van der Waals surface area contributed by atoms with Crippen LogP contribution in [0.25, 0.3) is 6.08 Å². The topological polar surface area (TPSA) is 54.8 Å². The summed E-state index contributed by atoms with van der Waals surface area (Å²) >= 11 is 1.44. The molecular weight excluding hydrogens is 370 g/mol. The lowest BCUT2D eigenvalue weighted by Crippen LogP contribution is -2.40. The van der Waals surface area contributed by atoms with E-state index in [9.17, 15) is 4.79 Å². The molecule has 0 unspecified atom stereocenters. The average molecular weight is 394 g/mol. The lowest BCUT2D eigenvalue weighted by Gasteiger charge is -2.30. The molecule has 4 rings (SSSR count). The number of carbonyl (C=O) groups is 1. The predicted molar refractivity (Wildman–Crippen MR) is 114 cm³/mol. The van der Waals surface area contributed by atoms with Crippen molar-refractivity contribution in [2.24, 2.45) is 4.99 Å². The number of hydrogen-bond acceptors (Lipinski definition) is 5. The van der Waals surface area contributed by atoms with Crippen molar-refractivity contribution in [2.45, 2.75) is 38.1 Å². The van der Waals surface area contributed by atoms with Gasteiger partial charge in [-0.1, -0.05) is 37.5 Å². The van der Waals surface area contributed by atoms with Gasteiger partial charge in [-0.15, -0.1) is 0 Å². The summed E-state index contributed by atoms with van der Waals surface area (Å²) in [5.41, 5.74) is 0.972. The van der Waals surface area contributed by atoms with Gasteiger partial charge >= 0.3 is 0 Å². The zero-order chi connectivity index (χ0) is 19.3. The molecule has 28 heavy (non-hydrogen) atoms. The van der Waals surface area contributed by atoms with Crippen LogP contribution in [0.5, 0.6) is 5.75 Å². The Labute approximate surface area is 169 Å². The zero-order valence-electron chi connectivity index (χ0n) is 15.9. The van der Waals surface area contributed by atoms with E-state index in [2.05, 4.69) is 4.98 Å². The molecular formula is C22H23N3O2S. The molecule has 144 valence electrons. The summed E-state index contributed by atoms with van der Waals surface area (Å²) in [4.78, 5) is 24.8. The summed E-state index contributed by atoms with van der Waals surface area (Å²) in [6.07, 6.45) is 9.28. The zero-order valence-corrected chi connectivity index (χ0v) is 16.7. The highest BCUT2D eigenvalue weighted by molar-refractivity contribution is 8.18. The fraction of sp³-hybridized carbons (Fsp3) is 0.318. The third-order valence-electron chi connectivity index (χ3n) is 5.05. The van der Waals surface area contributed by atoms with Gasteiger partial charge in [-0.25, -0.2) is 9.98 Å². The third kappa shape index (κ3) is 4.12. The summed E-state index contributed by atoms with van der Waals surface area (Å²) in [6.45, 7) is 0. The van der Waals surface area contributed by atoms with Crippen LogP contribution in [0.3, 0.4) is 0 Å². The monoisotopic (exact) mass is 393 g/mol. The van der Waals surface area contributed by atoms with E-state index in [4.69, 9.17) is 9.73 Å². The number of methoxy groups -OCH3 is 1. The number of aliphatic imine (C=N–C) groups is 1. The molecule has 0 bridgehead atoms. The molecule has 0 N–H and O–H groups in total. The van der Waals surface area contributed by atoms with Crippen molar-refractivity contribution in [2.75, 3.05) is 7.11 Å². The van der Waals surface area contributed by atoms with Crippen molar-refractivity contribution < 1.29 is 9.53 Å². The Hall–Kier alpha value is -2.60. The molecule has 0 radical (unpaired) electrons. The third-order valence-corrected chi connectivity index (χ3v) is 6.03. The fourth-order valence-electron chi connectivity index (χ4n) is 3.60. The molecule has 5 nitrogen and oxygen atoms in total. The van der Waals surface area contributed by atoms with E-state index in [1.807, 2.05) is 53.4 Å². The Kier molecular flexibility index (Phi) is 5.76. The average Bonchev–Trinajstić information content (AvgIpc) is 3.04. The van der Waals surface area contributed by atoms with Gasteiger partial charge in [0.05, 0.1) is 12.0 Å². The van der Waals surface area contributed by atoms with E-state index in [0.717, 1.165) is 42.2 Å². The number of amidine groups is 1.